The lowest BCUT2D eigenvalue weighted by Crippen LogP contribution is -2.46. The number of aromatic nitrogens is 4. The van der Waals surface area contributed by atoms with Gasteiger partial charge in [-0.3, -0.25) is 18.7 Å². The predicted octanol–water partition coefficient (Wildman–Crippen LogP) is 5.36. The minimum atomic E-state index is -0.592. The molecule has 11 heteroatoms. The number of fused-ring (bicyclic) bond motifs is 1. The maximum atomic E-state index is 14.2. The molecule has 1 N–H and O–H groups in total. The molecule has 0 bridgehead atoms. The van der Waals surface area contributed by atoms with Crippen molar-refractivity contribution in [3.63, 3.8) is 0 Å². The number of halogens is 1. The van der Waals surface area contributed by atoms with Crippen molar-refractivity contribution in [3.05, 3.63) is 62.8 Å². The maximum Gasteiger partial charge on any atom is 0.333 e. The molecule has 0 atom stereocenters. The van der Waals surface area contributed by atoms with Crippen LogP contribution in [0.5, 0.6) is 0 Å². The van der Waals surface area contributed by atoms with Crippen molar-refractivity contribution >= 4 is 40.5 Å². The van der Waals surface area contributed by atoms with Gasteiger partial charge in [0.2, 0.25) is 0 Å². The molecule has 1 aliphatic carbocycles. The smallest absolute Gasteiger partial charge is 0.333 e. The molecule has 1 saturated heterocycles. The molecule has 2 aliphatic rings. The molecule has 1 amide bonds. The molecule has 8 nitrogen and oxygen atoms in total. The van der Waals surface area contributed by atoms with E-state index in [1.807, 2.05) is 17.8 Å². The van der Waals surface area contributed by atoms with Gasteiger partial charge in [0.15, 0.2) is 0 Å². The van der Waals surface area contributed by atoms with Crippen molar-refractivity contribution in [2.45, 2.75) is 87.9 Å². The number of nitrogens with zero attached hydrogens (tertiary/aromatic N) is 4. The average molecular weight is 586 g/mol. The topological polar surface area (TPSA) is 98.9 Å². The second kappa shape index (κ2) is 13.3. The fourth-order valence-electron chi connectivity index (χ4n) is 5.74. The van der Waals surface area contributed by atoms with Gasteiger partial charge in [-0.15, -0.1) is 11.8 Å². The van der Waals surface area contributed by atoms with Crippen molar-refractivity contribution in [2.24, 2.45) is 0 Å². The van der Waals surface area contributed by atoms with Crippen molar-refractivity contribution in [3.8, 4) is 0 Å². The third-order valence-electron chi connectivity index (χ3n) is 7.88. The van der Waals surface area contributed by atoms with Gasteiger partial charge in [-0.2, -0.15) is 11.8 Å². The van der Waals surface area contributed by atoms with Crippen LogP contribution in [0.15, 0.2) is 45.2 Å². The highest BCUT2D eigenvalue weighted by atomic mass is 32.2. The van der Waals surface area contributed by atoms with Crippen molar-refractivity contribution < 1.29 is 9.18 Å². The molecule has 0 spiro atoms. The van der Waals surface area contributed by atoms with Crippen LogP contribution in [0.4, 0.5) is 4.39 Å². The number of unbranched alkanes of at least 4 members (excludes halogenated alkanes) is 2. The first-order chi connectivity index (χ1) is 19.5. The normalized spacial score (nSPS) is 20.1. The summed E-state index contributed by atoms with van der Waals surface area (Å²) in [6, 6.07) is 4.35. The molecule has 2 fully saturated rings. The Morgan fingerprint density at radius 1 is 1.07 bits per heavy atom. The van der Waals surface area contributed by atoms with E-state index < -0.39 is 11.4 Å². The van der Waals surface area contributed by atoms with Crippen molar-refractivity contribution in [1.82, 2.24) is 24.4 Å². The fourth-order valence-corrected chi connectivity index (χ4v) is 7.82. The van der Waals surface area contributed by atoms with Gasteiger partial charge in [-0.1, -0.05) is 19.8 Å². The number of thioether (sulfide) groups is 2. The number of carbonyl (C=O) groups is 1. The largest absolute Gasteiger partial charge is 0.349 e. The zero-order valence-electron chi connectivity index (χ0n) is 22.8. The Kier molecular flexibility index (Phi) is 9.62. The van der Waals surface area contributed by atoms with Crippen LogP contribution in [0.25, 0.3) is 11.0 Å². The van der Waals surface area contributed by atoms with E-state index in [1.54, 1.807) is 28.6 Å². The Labute approximate surface area is 241 Å². The summed E-state index contributed by atoms with van der Waals surface area (Å²) in [5, 5.41) is 4.05. The number of pyridine rings is 2. The Morgan fingerprint density at radius 2 is 1.82 bits per heavy atom. The predicted molar refractivity (Wildman–Crippen MR) is 159 cm³/mol. The minimum absolute atomic E-state index is 0.0604. The van der Waals surface area contributed by atoms with Gasteiger partial charge in [0.05, 0.1) is 17.1 Å². The van der Waals surface area contributed by atoms with Gasteiger partial charge in [0.25, 0.3) is 11.5 Å². The number of amides is 1. The molecular weight excluding hydrogens is 549 g/mol. The zero-order chi connectivity index (χ0) is 28.1. The zero-order valence-corrected chi connectivity index (χ0v) is 24.4. The third-order valence-corrected chi connectivity index (χ3v) is 10.0. The standard InChI is InChI=1S/C29H36FN5O3S2/c1-2-3-4-14-40-27-23(6-5-13-31-27)26(36)33-20-7-9-21(10-8-20)35-28(37)24-17-19(30)18-32-25(24)34(29(35)38)22-11-15-39-16-12-22/h5-6,13,17-18,20-22H,2-4,7-12,14-16H2,1H3,(H,33,36). The first-order valence-electron chi connectivity index (χ1n) is 14.3. The Bertz CT molecular complexity index is 1460. The molecule has 4 heterocycles. The lowest BCUT2D eigenvalue weighted by Gasteiger charge is -2.31. The van der Waals surface area contributed by atoms with Gasteiger partial charge >= 0.3 is 5.69 Å². The first kappa shape index (κ1) is 28.9. The Hall–Kier alpha value is -2.66. The Morgan fingerprint density at radius 3 is 2.58 bits per heavy atom. The molecule has 40 heavy (non-hydrogen) atoms. The summed E-state index contributed by atoms with van der Waals surface area (Å²) in [5.74, 6) is 2.05. The summed E-state index contributed by atoms with van der Waals surface area (Å²) >= 11 is 3.46. The molecule has 214 valence electrons. The van der Waals surface area contributed by atoms with E-state index in [1.165, 1.54) is 10.6 Å². The summed E-state index contributed by atoms with van der Waals surface area (Å²) in [6.07, 6.45) is 10.2. The van der Waals surface area contributed by atoms with Crippen LogP contribution in [0, 0.1) is 5.82 Å². The number of nitrogens with one attached hydrogen (secondary N) is 1. The number of hydrogen-bond donors (Lipinski definition) is 1. The number of rotatable bonds is 9. The molecular formula is C29H36FN5O3S2. The molecule has 1 saturated carbocycles. The molecule has 3 aromatic heterocycles. The quantitative estimate of drug-likeness (QED) is 0.267. The van der Waals surface area contributed by atoms with E-state index in [0.717, 1.165) is 60.6 Å². The van der Waals surface area contributed by atoms with Crippen LogP contribution in [-0.4, -0.2) is 48.3 Å². The van der Waals surface area contributed by atoms with Crippen LogP contribution in [0.1, 0.15) is 87.2 Å². The third kappa shape index (κ3) is 6.30. The Balaban J connectivity index is 1.32. The van der Waals surface area contributed by atoms with Gasteiger partial charge in [-0.05, 0) is 80.4 Å². The highest BCUT2D eigenvalue weighted by Crippen LogP contribution is 2.30. The SMILES string of the molecule is CCCCCSc1ncccc1C(=O)NC1CCC(n2c(=O)c3cc(F)cnc3n(C3CCSCC3)c2=O)CC1. The van der Waals surface area contributed by atoms with Crippen LogP contribution in [0.2, 0.25) is 0 Å². The van der Waals surface area contributed by atoms with Crippen LogP contribution in [-0.2, 0) is 0 Å². The monoisotopic (exact) mass is 585 g/mol. The lowest BCUT2D eigenvalue weighted by atomic mass is 9.90. The second-order valence-electron chi connectivity index (χ2n) is 10.6. The van der Waals surface area contributed by atoms with Crippen molar-refractivity contribution in [2.75, 3.05) is 17.3 Å². The highest BCUT2D eigenvalue weighted by molar-refractivity contribution is 7.99. The molecule has 0 aromatic carbocycles. The number of hydrogen-bond acceptors (Lipinski definition) is 7. The summed E-state index contributed by atoms with van der Waals surface area (Å²) in [7, 11) is 0. The van der Waals surface area contributed by atoms with E-state index in [2.05, 4.69) is 22.2 Å². The highest BCUT2D eigenvalue weighted by Gasteiger charge is 2.30. The first-order valence-corrected chi connectivity index (χ1v) is 16.4. The van der Waals surface area contributed by atoms with Gasteiger partial charge < -0.3 is 5.32 Å². The van der Waals surface area contributed by atoms with Crippen LogP contribution in [0.3, 0.4) is 0 Å². The van der Waals surface area contributed by atoms with Gasteiger partial charge in [-0.25, -0.2) is 19.2 Å². The van der Waals surface area contributed by atoms with Gasteiger partial charge in [0, 0.05) is 24.3 Å². The second-order valence-corrected chi connectivity index (χ2v) is 12.9. The summed E-state index contributed by atoms with van der Waals surface area (Å²) in [6.45, 7) is 2.16. The molecule has 0 unspecified atom stereocenters. The molecule has 3 aromatic rings. The van der Waals surface area contributed by atoms with E-state index in [4.69, 9.17) is 0 Å². The van der Waals surface area contributed by atoms with E-state index in [-0.39, 0.29) is 40.8 Å². The fraction of sp³-hybridized carbons (Fsp3) is 0.552. The lowest BCUT2D eigenvalue weighted by molar-refractivity contribution is 0.0918. The van der Waals surface area contributed by atoms with E-state index in [0.29, 0.717) is 31.2 Å². The maximum absolute atomic E-state index is 14.2. The minimum Gasteiger partial charge on any atom is -0.349 e. The summed E-state index contributed by atoms with van der Waals surface area (Å²) in [4.78, 5) is 49.1. The van der Waals surface area contributed by atoms with Gasteiger partial charge in [0.1, 0.15) is 16.5 Å². The van der Waals surface area contributed by atoms with Crippen LogP contribution < -0.4 is 16.6 Å². The van der Waals surface area contributed by atoms with Crippen molar-refractivity contribution in [1.29, 1.82) is 0 Å². The molecule has 5 rings (SSSR count). The average Bonchev–Trinajstić information content (AvgIpc) is 2.97. The molecule has 1 aliphatic heterocycles. The summed E-state index contributed by atoms with van der Waals surface area (Å²) in [5.41, 5.74) is 0.00683. The number of carbonyl (C=O) groups excluding carboxylic acids is 1. The molecule has 0 radical (unpaired) electrons. The van der Waals surface area contributed by atoms with E-state index >= 15 is 0 Å². The van der Waals surface area contributed by atoms with E-state index in [9.17, 15) is 18.8 Å². The van der Waals surface area contributed by atoms with Crippen LogP contribution >= 0.6 is 23.5 Å². The summed E-state index contributed by atoms with van der Waals surface area (Å²) < 4.78 is 17.1.